The second kappa shape index (κ2) is 5.97. The Morgan fingerprint density at radius 3 is 2.40 bits per heavy atom. The molecule has 1 aromatic heterocycles. The summed E-state index contributed by atoms with van der Waals surface area (Å²) in [5.74, 6) is 0. The maximum atomic E-state index is 12.6. The zero-order chi connectivity index (χ0) is 14.8. The van der Waals surface area contributed by atoms with E-state index in [4.69, 9.17) is 4.74 Å². The summed E-state index contributed by atoms with van der Waals surface area (Å²) in [6.45, 7) is 5.43. The average Bonchev–Trinajstić information content (AvgIpc) is 2.37. The van der Waals surface area contributed by atoms with E-state index in [1.165, 1.54) is 11.5 Å². The molecule has 0 N–H and O–H groups in total. The molecule has 2 rings (SSSR count). The van der Waals surface area contributed by atoms with Gasteiger partial charge in [-0.2, -0.15) is 13.2 Å². The Morgan fingerprint density at radius 2 is 1.85 bits per heavy atom. The van der Waals surface area contributed by atoms with Crippen LogP contribution in [0, 0.1) is 6.92 Å². The fraction of sp³-hybridized carbons (Fsp3) is 0.615. The number of aromatic nitrogens is 1. The molecule has 20 heavy (non-hydrogen) atoms. The minimum Gasteiger partial charge on any atom is -0.379 e. The molecule has 0 saturated carbocycles. The largest absolute Gasteiger partial charge is 0.416 e. The Bertz CT molecular complexity index is 519. The Morgan fingerprint density at radius 1 is 1.20 bits per heavy atom. The van der Waals surface area contributed by atoms with Gasteiger partial charge in [0, 0.05) is 37.9 Å². The average molecular weight is 290 g/mol. The van der Waals surface area contributed by atoms with E-state index in [1.54, 1.807) is 0 Å². The normalized spacial score (nSPS) is 17.4. The molecule has 0 aliphatic carbocycles. The van der Waals surface area contributed by atoms with E-state index in [-0.39, 0.29) is 0 Å². The van der Waals surface area contributed by atoms with Crippen molar-refractivity contribution in [3.63, 3.8) is 0 Å². The fourth-order valence-electron chi connectivity index (χ4n) is 2.25. The van der Waals surface area contributed by atoms with Crippen LogP contribution in [-0.2, 0) is 17.5 Å². The van der Waals surface area contributed by atoms with Gasteiger partial charge in [0.05, 0.1) is 18.8 Å². The van der Waals surface area contributed by atoms with Gasteiger partial charge < -0.3 is 9.30 Å². The first-order chi connectivity index (χ1) is 9.38. The van der Waals surface area contributed by atoms with Gasteiger partial charge in [0.15, 0.2) is 0 Å². The zero-order valence-corrected chi connectivity index (χ0v) is 11.2. The number of pyridine rings is 1. The van der Waals surface area contributed by atoms with Crippen LogP contribution in [0.15, 0.2) is 16.9 Å². The third-order valence-corrected chi connectivity index (χ3v) is 3.41. The number of nitrogens with zero attached hydrogens (tertiary/aromatic N) is 2. The second-order valence-corrected chi connectivity index (χ2v) is 4.83. The van der Waals surface area contributed by atoms with Gasteiger partial charge in [-0.1, -0.05) is 0 Å². The van der Waals surface area contributed by atoms with Gasteiger partial charge in [-0.15, -0.1) is 0 Å². The molecule has 1 saturated heterocycles. The molecule has 1 aromatic rings. The van der Waals surface area contributed by atoms with Crippen molar-refractivity contribution in [3.8, 4) is 0 Å². The monoisotopic (exact) mass is 290 g/mol. The van der Waals surface area contributed by atoms with Crippen LogP contribution in [0.4, 0.5) is 13.2 Å². The van der Waals surface area contributed by atoms with Gasteiger partial charge in [-0.3, -0.25) is 9.69 Å². The van der Waals surface area contributed by atoms with Crippen LogP contribution in [0.2, 0.25) is 0 Å². The fourth-order valence-corrected chi connectivity index (χ4v) is 2.25. The third-order valence-electron chi connectivity index (χ3n) is 3.41. The molecule has 1 aliphatic heterocycles. The van der Waals surface area contributed by atoms with Crippen LogP contribution in [0.5, 0.6) is 0 Å². The molecule has 0 bridgehead atoms. The van der Waals surface area contributed by atoms with Crippen molar-refractivity contribution in [3.05, 3.63) is 33.7 Å². The van der Waals surface area contributed by atoms with E-state index in [2.05, 4.69) is 4.90 Å². The summed E-state index contributed by atoms with van der Waals surface area (Å²) in [7, 11) is 0. The number of ether oxygens (including phenoxy) is 1. The number of hydrogen-bond donors (Lipinski definition) is 0. The van der Waals surface area contributed by atoms with Crippen LogP contribution in [0.3, 0.4) is 0 Å². The molecule has 0 aromatic carbocycles. The van der Waals surface area contributed by atoms with Crippen LogP contribution in [0.25, 0.3) is 0 Å². The number of morpholine rings is 1. The lowest BCUT2D eigenvalue weighted by Crippen LogP contribution is -2.39. The minimum atomic E-state index is -4.48. The maximum Gasteiger partial charge on any atom is 0.416 e. The summed E-state index contributed by atoms with van der Waals surface area (Å²) in [4.78, 5) is 13.9. The van der Waals surface area contributed by atoms with Gasteiger partial charge in [0.2, 0.25) is 0 Å². The summed E-state index contributed by atoms with van der Waals surface area (Å²) in [5.41, 5.74) is -1.16. The number of rotatable bonds is 3. The van der Waals surface area contributed by atoms with Crippen molar-refractivity contribution < 1.29 is 17.9 Å². The second-order valence-electron chi connectivity index (χ2n) is 4.83. The molecule has 7 heteroatoms. The molecule has 0 spiro atoms. The maximum absolute atomic E-state index is 12.6. The number of halogens is 3. The zero-order valence-electron chi connectivity index (χ0n) is 11.2. The molecular weight excluding hydrogens is 273 g/mol. The highest BCUT2D eigenvalue weighted by atomic mass is 19.4. The van der Waals surface area contributed by atoms with Crippen molar-refractivity contribution in [1.29, 1.82) is 0 Å². The Labute approximate surface area is 114 Å². The van der Waals surface area contributed by atoms with Crippen LogP contribution < -0.4 is 5.56 Å². The minimum absolute atomic E-state index is 0.332. The Hall–Kier alpha value is -1.34. The first-order valence-electron chi connectivity index (χ1n) is 6.47. The van der Waals surface area contributed by atoms with E-state index in [0.717, 1.165) is 19.2 Å². The standard InChI is InChI=1S/C13H17F3N2O2/c1-10-8-11(13(14,15)16)9-12(19)18(10)3-2-17-4-6-20-7-5-17/h8-9H,2-7H2,1H3. The highest BCUT2D eigenvalue weighted by Crippen LogP contribution is 2.28. The first kappa shape index (κ1) is 15.1. The van der Waals surface area contributed by atoms with Crippen molar-refractivity contribution >= 4 is 0 Å². The summed E-state index contributed by atoms with van der Waals surface area (Å²) < 4.78 is 44.4. The van der Waals surface area contributed by atoms with E-state index < -0.39 is 17.3 Å². The van der Waals surface area contributed by atoms with E-state index in [0.29, 0.717) is 38.1 Å². The van der Waals surface area contributed by atoms with Gasteiger partial charge in [0.25, 0.3) is 5.56 Å². The van der Waals surface area contributed by atoms with E-state index in [9.17, 15) is 18.0 Å². The predicted molar refractivity (Wildman–Crippen MR) is 67.7 cm³/mol. The molecule has 0 atom stereocenters. The van der Waals surface area contributed by atoms with Crippen molar-refractivity contribution in [2.75, 3.05) is 32.8 Å². The molecule has 2 heterocycles. The van der Waals surface area contributed by atoms with E-state index >= 15 is 0 Å². The van der Waals surface area contributed by atoms with Crippen LogP contribution in [-0.4, -0.2) is 42.3 Å². The van der Waals surface area contributed by atoms with Gasteiger partial charge in [-0.05, 0) is 13.0 Å². The highest BCUT2D eigenvalue weighted by Gasteiger charge is 2.31. The van der Waals surface area contributed by atoms with Gasteiger partial charge >= 0.3 is 6.18 Å². The lowest BCUT2D eigenvalue weighted by atomic mass is 10.2. The van der Waals surface area contributed by atoms with Crippen LogP contribution >= 0.6 is 0 Å². The summed E-state index contributed by atoms with van der Waals surface area (Å²) in [6.07, 6.45) is -4.48. The molecule has 1 fully saturated rings. The molecule has 4 nitrogen and oxygen atoms in total. The van der Waals surface area contributed by atoms with Crippen molar-refractivity contribution in [2.45, 2.75) is 19.6 Å². The number of aryl methyl sites for hydroxylation is 1. The van der Waals surface area contributed by atoms with E-state index in [1.807, 2.05) is 0 Å². The number of alkyl halides is 3. The topological polar surface area (TPSA) is 34.5 Å². The molecule has 112 valence electrons. The highest BCUT2D eigenvalue weighted by molar-refractivity contribution is 5.20. The summed E-state index contributed by atoms with van der Waals surface area (Å²) >= 11 is 0. The lowest BCUT2D eigenvalue weighted by molar-refractivity contribution is -0.137. The Kier molecular flexibility index (Phi) is 4.49. The quantitative estimate of drug-likeness (QED) is 0.846. The summed E-state index contributed by atoms with van der Waals surface area (Å²) in [6, 6.07) is 1.67. The first-order valence-corrected chi connectivity index (χ1v) is 6.47. The summed E-state index contributed by atoms with van der Waals surface area (Å²) in [5, 5.41) is 0. The predicted octanol–water partition coefficient (Wildman–Crippen LogP) is 1.51. The smallest absolute Gasteiger partial charge is 0.379 e. The molecule has 1 aliphatic rings. The molecule has 0 amide bonds. The van der Waals surface area contributed by atoms with Gasteiger partial charge in [-0.25, -0.2) is 0 Å². The SMILES string of the molecule is Cc1cc(C(F)(F)F)cc(=O)n1CCN1CCOCC1. The molecular formula is C13H17F3N2O2. The lowest BCUT2D eigenvalue weighted by Gasteiger charge is -2.27. The number of hydrogen-bond acceptors (Lipinski definition) is 3. The van der Waals surface area contributed by atoms with Crippen LogP contribution in [0.1, 0.15) is 11.3 Å². The van der Waals surface area contributed by atoms with Crippen molar-refractivity contribution in [2.24, 2.45) is 0 Å². The molecule has 0 unspecified atom stereocenters. The molecule has 0 radical (unpaired) electrons. The van der Waals surface area contributed by atoms with Crippen molar-refractivity contribution in [1.82, 2.24) is 9.47 Å². The van der Waals surface area contributed by atoms with Gasteiger partial charge in [0.1, 0.15) is 0 Å². The third kappa shape index (κ3) is 3.61. The Balaban J connectivity index is 2.10.